The third kappa shape index (κ3) is 11.0. The molecule has 0 aromatic heterocycles. The van der Waals surface area contributed by atoms with Crippen LogP contribution in [0.15, 0.2) is 187 Å². The zero-order chi connectivity index (χ0) is 46.4. The average molecular weight is 957 g/mol. The fourth-order valence-electron chi connectivity index (χ4n) is 6.18. The lowest BCUT2D eigenvalue weighted by atomic mass is 10.0. The minimum Gasteiger partial charge on any atom is -0.497 e. The van der Waals surface area contributed by atoms with Crippen molar-refractivity contribution >= 4 is 47.6 Å². The van der Waals surface area contributed by atoms with Crippen LogP contribution in [0.25, 0.3) is 0 Å². The SMILES string of the molecule is COc1ccc(C(=O)c2ccc(Oc3ccc(S(=O)(=O)c4ccc(COc5ccc(Oc6ccc(S(=O)(=O)c7ccc(C)cc7)cc6)cc5)c(SOOO)c4)cc3S(=O)(=O)O)cc2)cc1. The first kappa shape index (κ1) is 46.4. The number of benzene rings is 7. The van der Waals surface area contributed by atoms with Crippen molar-refractivity contribution in [1.82, 2.24) is 0 Å². The van der Waals surface area contributed by atoms with E-state index in [4.69, 9.17) is 24.2 Å². The monoisotopic (exact) mass is 956 g/mol. The maximum Gasteiger partial charge on any atom is 0.298 e. The van der Waals surface area contributed by atoms with Gasteiger partial charge in [0.25, 0.3) is 10.1 Å². The highest BCUT2D eigenvalue weighted by Crippen LogP contribution is 2.36. The fourth-order valence-corrected chi connectivity index (χ4v) is 10.1. The van der Waals surface area contributed by atoms with E-state index in [1.165, 1.54) is 61.7 Å². The summed E-state index contributed by atoms with van der Waals surface area (Å²) in [6.45, 7) is 1.75. The molecule has 0 radical (unpaired) electrons. The minimum atomic E-state index is -5.04. The zero-order valence-electron chi connectivity index (χ0n) is 34.1. The molecule has 0 aliphatic rings. The summed E-state index contributed by atoms with van der Waals surface area (Å²) in [7, 11) is -11.7. The molecule has 15 nitrogen and oxygen atoms in total. The Morgan fingerprint density at radius 2 is 1.02 bits per heavy atom. The summed E-state index contributed by atoms with van der Waals surface area (Å²) < 4.78 is 116. The maximum absolute atomic E-state index is 13.9. The normalized spacial score (nSPS) is 11.8. The highest BCUT2D eigenvalue weighted by atomic mass is 32.2. The van der Waals surface area contributed by atoms with Gasteiger partial charge in [-0.25, -0.2) is 22.1 Å². The third-order valence-corrected chi connectivity index (χ3v) is 14.7. The lowest BCUT2D eigenvalue weighted by Crippen LogP contribution is -2.07. The Hall–Kier alpha value is -6.55. The fraction of sp³-hybridized carbons (Fsp3) is 0.0652. The van der Waals surface area contributed by atoms with E-state index in [9.17, 15) is 34.6 Å². The zero-order valence-corrected chi connectivity index (χ0v) is 37.3. The molecule has 19 heteroatoms. The number of aryl methyl sites for hydroxylation is 1. The number of ketones is 1. The summed E-state index contributed by atoms with van der Waals surface area (Å²) in [5, 5.41) is 12.6. The minimum absolute atomic E-state index is 0.0865. The molecule has 0 spiro atoms. The molecule has 0 fully saturated rings. The van der Waals surface area contributed by atoms with Crippen molar-refractivity contribution in [3.8, 4) is 34.5 Å². The van der Waals surface area contributed by atoms with Gasteiger partial charge in [-0.15, -0.1) is 4.33 Å². The largest absolute Gasteiger partial charge is 0.497 e. The van der Waals surface area contributed by atoms with Gasteiger partial charge in [-0.05, 0) is 146 Å². The van der Waals surface area contributed by atoms with Gasteiger partial charge in [0.2, 0.25) is 19.7 Å². The van der Waals surface area contributed by atoms with Gasteiger partial charge < -0.3 is 18.9 Å². The van der Waals surface area contributed by atoms with Crippen LogP contribution >= 0.6 is 12.0 Å². The van der Waals surface area contributed by atoms with Crippen LogP contribution in [0, 0.1) is 6.92 Å². The molecule has 0 bridgehead atoms. The highest BCUT2D eigenvalue weighted by Gasteiger charge is 2.26. The predicted octanol–water partition coefficient (Wildman–Crippen LogP) is 9.74. The van der Waals surface area contributed by atoms with Gasteiger partial charge >= 0.3 is 0 Å². The van der Waals surface area contributed by atoms with Gasteiger partial charge in [0.1, 0.15) is 46.0 Å². The van der Waals surface area contributed by atoms with Gasteiger partial charge in [-0.3, -0.25) is 9.35 Å². The van der Waals surface area contributed by atoms with Crippen LogP contribution in [0.4, 0.5) is 0 Å². The van der Waals surface area contributed by atoms with E-state index in [1.54, 1.807) is 84.9 Å². The summed E-state index contributed by atoms with van der Waals surface area (Å²) in [6.07, 6.45) is 0. The lowest BCUT2D eigenvalue weighted by Gasteiger charge is -2.14. The molecule has 0 atom stereocenters. The Morgan fingerprint density at radius 3 is 1.58 bits per heavy atom. The van der Waals surface area contributed by atoms with Crippen molar-refractivity contribution in [3.05, 3.63) is 180 Å². The number of carbonyl (C=O) groups is 1. The van der Waals surface area contributed by atoms with Crippen LogP contribution in [-0.4, -0.2) is 48.0 Å². The van der Waals surface area contributed by atoms with Crippen molar-refractivity contribution in [2.45, 2.75) is 42.9 Å². The molecule has 7 aromatic rings. The van der Waals surface area contributed by atoms with Gasteiger partial charge in [-0.2, -0.15) is 8.42 Å². The van der Waals surface area contributed by atoms with Gasteiger partial charge in [-0.1, -0.05) is 28.8 Å². The van der Waals surface area contributed by atoms with E-state index in [0.717, 1.165) is 23.8 Å². The highest BCUT2D eigenvalue weighted by molar-refractivity contribution is 7.94. The van der Waals surface area contributed by atoms with E-state index in [0.29, 0.717) is 51.7 Å². The summed E-state index contributed by atoms with van der Waals surface area (Å²) >= 11 is 0.470. The van der Waals surface area contributed by atoms with Crippen LogP contribution in [-0.2, 0) is 45.8 Å². The molecule has 7 rings (SSSR count). The van der Waals surface area contributed by atoms with Crippen molar-refractivity contribution in [1.29, 1.82) is 0 Å². The van der Waals surface area contributed by atoms with E-state index in [1.807, 2.05) is 6.92 Å². The van der Waals surface area contributed by atoms with Crippen LogP contribution in [0.1, 0.15) is 27.0 Å². The number of ether oxygens (including phenoxy) is 4. The standard InChI is InChI=1S/C46H36O15S4/c1-30-3-20-39(21-4-30)63(49,50)40-23-18-37(19-24-40)58-36-16-14-35(15-17-36)57-29-33-9-22-41(27-44(33)62-61-60-48)64(51,52)42-25-26-43(45(28-42)65(53,54)55)59-38-12-7-32(8-13-38)46(47)31-5-10-34(56-2)11-6-31/h3-28,48H,29H2,1-2H3,(H,53,54,55). The number of hydrogen-bond donors (Lipinski definition) is 2. The van der Waals surface area contributed by atoms with Crippen molar-refractivity contribution in [2.24, 2.45) is 0 Å². The van der Waals surface area contributed by atoms with E-state index < -0.39 is 45.3 Å². The molecule has 7 aromatic carbocycles. The van der Waals surface area contributed by atoms with Gasteiger partial charge in [0, 0.05) is 21.6 Å². The molecule has 2 N–H and O–H groups in total. The van der Waals surface area contributed by atoms with Gasteiger partial charge in [0.15, 0.2) is 5.78 Å². The second-order valence-corrected chi connectivity index (χ2v) is 19.9. The molecule has 0 aliphatic carbocycles. The molecule has 0 amide bonds. The summed E-state index contributed by atoms with van der Waals surface area (Å²) in [4.78, 5) is 11.7. The first-order chi connectivity index (χ1) is 31.0. The quantitative estimate of drug-likeness (QED) is 0.0269. The molecular weight excluding hydrogens is 921 g/mol. The topological polar surface area (TPSA) is 215 Å². The number of rotatable bonds is 18. The van der Waals surface area contributed by atoms with Crippen LogP contribution < -0.4 is 18.9 Å². The maximum atomic E-state index is 13.9. The first-order valence-corrected chi connectivity index (χ1v) is 24.1. The number of carbonyl (C=O) groups excluding carboxylic acids is 1. The predicted molar refractivity (Wildman–Crippen MR) is 236 cm³/mol. The molecule has 334 valence electrons. The molecule has 0 saturated heterocycles. The van der Waals surface area contributed by atoms with Crippen molar-refractivity contribution in [3.63, 3.8) is 0 Å². The van der Waals surface area contributed by atoms with E-state index in [2.05, 4.69) is 9.37 Å². The molecule has 0 aliphatic heterocycles. The Balaban J connectivity index is 1.03. The Bertz CT molecular complexity index is 3160. The Morgan fingerprint density at radius 1 is 0.554 bits per heavy atom. The number of hydrogen-bond acceptors (Lipinski definition) is 15. The summed E-state index contributed by atoms with van der Waals surface area (Å²) in [5.41, 5.74) is 2.05. The average Bonchev–Trinajstić information content (AvgIpc) is 3.31. The van der Waals surface area contributed by atoms with E-state index in [-0.39, 0.29) is 37.7 Å². The third-order valence-electron chi connectivity index (χ3n) is 9.62. The second kappa shape index (κ2) is 19.7. The van der Waals surface area contributed by atoms with Gasteiger partial charge in [0.05, 0.1) is 38.7 Å². The first-order valence-electron chi connectivity index (χ1n) is 19.0. The van der Waals surface area contributed by atoms with Crippen molar-refractivity contribution in [2.75, 3.05) is 7.11 Å². The number of sulfone groups is 2. The molecule has 0 heterocycles. The molecule has 0 unspecified atom stereocenters. The number of methoxy groups -OCH3 is 1. The molecular formula is C46H36O15S4. The molecule has 65 heavy (non-hydrogen) atoms. The summed E-state index contributed by atoms with van der Waals surface area (Å²) in [5.74, 6) is 1.20. The van der Waals surface area contributed by atoms with E-state index >= 15 is 0 Å². The summed E-state index contributed by atoms with van der Waals surface area (Å²) in [6, 6.07) is 38.1. The lowest BCUT2D eigenvalue weighted by molar-refractivity contribution is -0.432. The Kier molecular flexibility index (Phi) is 14.1. The van der Waals surface area contributed by atoms with Crippen LogP contribution in [0.2, 0.25) is 0 Å². The second-order valence-electron chi connectivity index (χ2n) is 13.9. The van der Waals surface area contributed by atoms with Crippen molar-refractivity contribution < 1.29 is 68.2 Å². The van der Waals surface area contributed by atoms with Crippen LogP contribution in [0.3, 0.4) is 0 Å². The smallest absolute Gasteiger partial charge is 0.298 e. The Labute approximate surface area is 378 Å². The molecule has 0 saturated carbocycles. The van der Waals surface area contributed by atoms with Crippen LogP contribution in [0.5, 0.6) is 34.5 Å².